The predicted octanol–water partition coefficient (Wildman–Crippen LogP) is 4.61. The van der Waals surface area contributed by atoms with E-state index < -0.39 is 0 Å². The Hall–Kier alpha value is -2.43. The minimum atomic E-state index is -0.0657. The smallest absolute Gasteiger partial charge is 0.226 e. The lowest BCUT2D eigenvalue weighted by Gasteiger charge is -2.01. The number of nitrogens with zero attached hydrogens (tertiary/aromatic N) is 4. The molecule has 4 aromatic rings. The molecule has 1 N–H and O–H groups in total. The first kappa shape index (κ1) is 19.9. The Bertz CT molecular complexity index is 1120. The van der Waals surface area contributed by atoms with Gasteiger partial charge in [0, 0.05) is 29.3 Å². The average molecular weight is 446 g/mol. The van der Waals surface area contributed by atoms with Crippen molar-refractivity contribution in [2.45, 2.75) is 24.1 Å². The van der Waals surface area contributed by atoms with Gasteiger partial charge in [0.2, 0.25) is 11.0 Å². The highest BCUT2D eigenvalue weighted by Crippen LogP contribution is 2.27. The number of nitrogens with one attached hydrogen (secondary N) is 1. The number of methoxy groups -OCH3 is 1. The summed E-state index contributed by atoms with van der Waals surface area (Å²) in [5.74, 6) is 1.68. The summed E-state index contributed by atoms with van der Waals surface area (Å²) in [6.07, 6.45) is 3.01. The molecule has 1 aromatic carbocycles. The van der Waals surface area contributed by atoms with Crippen molar-refractivity contribution in [3.63, 3.8) is 0 Å². The van der Waals surface area contributed by atoms with E-state index in [1.807, 2.05) is 35.8 Å². The summed E-state index contributed by atoms with van der Waals surface area (Å²) in [7, 11) is 1.65. The first-order valence-electron chi connectivity index (χ1n) is 9.02. The number of carbonyl (C=O) groups is 1. The maximum Gasteiger partial charge on any atom is 0.226 e. The first-order chi connectivity index (χ1) is 14.2. The van der Waals surface area contributed by atoms with Crippen molar-refractivity contribution in [3.8, 4) is 17.0 Å². The molecule has 3 aromatic heterocycles. The number of aromatic nitrogens is 4. The second-order valence-corrected chi connectivity index (χ2v) is 9.41. The van der Waals surface area contributed by atoms with E-state index in [0.29, 0.717) is 18.0 Å². The molecule has 0 unspecified atom stereocenters. The molecule has 0 saturated carbocycles. The lowest BCUT2D eigenvalue weighted by atomic mass is 10.1. The van der Waals surface area contributed by atoms with Crippen LogP contribution >= 0.6 is 34.4 Å². The summed E-state index contributed by atoms with van der Waals surface area (Å²) in [6.45, 7) is 2.06. The van der Waals surface area contributed by atoms with E-state index in [0.717, 1.165) is 37.8 Å². The first-order valence-corrected chi connectivity index (χ1v) is 11.7. The van der Waals surface area contributed by atoms with Gasteiger partial charge in [-0.25, -0.2) is 4.98 Å². The molecule has 0 fully saturated rings. The number of ether oxygens (including phenoxy) is 1. The Kier molecular flexibility index (Phi) is 6.12. The number of anilines is 1. The van der Waals surface area contributed by atoms with Crippen LogP contribution in [0.25, 0.3) is 16.2 Å². The third-order valence-corrected chi connectivity index (χ3v) is 6.94. The summed E-state index contributed by atoms with van der Waals surface area (Å²) in [5.41, 5.74) is 2.99. The third kappa shape index (κ3) is 4.60. The highest BCUT2D eigenvalue weighted by molar-refractivity contribution is 8.01. The standard InChI is InChI=1S/C19H19N5O2S3/c1-3-27-19-23-22-17(29-19)21-16(25)9-6-13-11-28-18-20-15(10-24(13)18)12-4-7-14(26-2)8-5-12/h4-5,7-8,10-11H,3,6,9H2,1-2H3,(H,21,22,25). The van der Waals surface area contributed by atoms with E-state index in [1.165, 1.54) is 11.3 Å². The number of rotatable bonds is 8. The normalized spacial score (nSPS) is 11.1. The summed E-state index contributed by atoms with van der Waals surface area (Å²) < 4.78 is 8.13. The Morgan fingerprint density at radius 1 is 1.28 bits per heavy atom. The van der Waals surface area contributed by atoms with Crippen molar-refractivity contribution >= 4 is 50.4 Å². The number of amides is 1. The second kappa shape index (κ2) is 8.93. The zero-order chi connectivity index (χ0) is 20.2. The summed E-state index contributed by atoms with van der Waals surface area (Å²) in [4.78, 5) is 17.9. The lowest BCUT2D eigenvalue weighted by molar-refractivity contribution is -0.116. The van der Waals surface area contributed by atoms with Gasteiger partial charge in [-0.1, -0.05) is 30.0 Å². The molecule has 29 heavy (non-hydrogen) atoms. The molecule has 1 amide bonds. The molecule has 4 rings (SSSR count). The number of benzene rings is 1. The third-order valence-electron chi connectivity index (χ3n) is 4.20. The molecule has 0 bridgehead atoms. The number of hydrogen-bond acceptors (Lipinski definition) is 8. The van der Waals surface area contributed by atoms with E-state index in [1.54, 1.807) is 30.2 Å². The fourth-order valence-corrected chi connectivity index (χ4v) is 5.35. The molecule has 3 heterocycles. The van der Waals surface area contributed by atoms with Crippen molar-refractivity contribution in [2.24, 2.45) is 0 Å². The topological polar surface area (TPSA) is 81.4 Å². The fraction of sp³-hybridized carbons (Fsp3) is 0.263. The minimum Gasteiger partial charge on any atom is -0.497 e. The van der Waals surface area contributed by atoms with Gasteiger partial charge in [0.1, 0.15) is 5.75 Å². The monoisotopic (exact) mass is 445 g/mol. The number of aryl methyl sites for hydroxylation is 1. The van der Waals surface area contributed by atoms with Crippen LogP contribution in [-0.2, 0) is 11.2 Å². The van der Waals surface area contributed by atoms with Gasteiger partial charge in [0.15, 0.2) is 9.30 Å². The van der Waals surface area contributed by atoms with Gasteiger partial charge in [0.05, 0.1) is 12.8 Å². The van der Waals surface area contributed by atoms with Gasteiger partial charge in [-0.2, -0.15) is 0 Å². The van der Waals surface area contributed by atoms with Crippen molar-refractivity contribution in [3.05, 3.63) is 41.5 Å². The van der Waals surface area contributed by atoms with Gasteiger partial charge in [-0.3, -0.25) is 9.20 Å². The van der Waals surface area contributed by atoms with Crippen LogP contribution in [-0.4, -0.2) is 38.4 Å². The quantitative estimate of drug-likeness (QED) is 0.315. The Morgan fingerprint density at radius 2 is 2.10 bits per heavy atom. The number of hydrogen-bond donors (Lipinski definition) is 1. The van der Waals surface area contributed by atoms with Crippen LogP contribution in [0.15, 0.2) is 40.2 Å². The highest BCUT2D eigenvalue weighted by atomic mass is 32.2. The van der Waals surface area contributed by atoms with Crippen LogP contribution in [0.2, 0.25) is 0 Å². The van der Waals surface area contributed by atoms with Crippen LogP contribution < -0.4 is 10.1 Å². The molecule has 10 heteroatoms. The van der Waals surface area contributed by atoms with Crippen molar-refractivity contribution in [1.82, 2.24) is 19.6 Å². The largest absolute Gasteiger partial charge is 0.497 e. The van der Waals surface area contributed by atoms with Crippen LogP contribution in [0.5, 0.6) is 5.75 Å². The minimum absolute atomic E-state index is 0.0657. The van der Waals surface area contributed by atoms with Gasteiger partial charge >= 0.3 is 0 Å². The Morgan fingerprint density at radius 3 is 2.86 bits per heavy atom. The maximum atomic E-state index is 12.3. The Labute approximate surface area is 180 Å². The molecule has 0 radical (unpaired) electrons. The van der Waals surface area contributed by atoms with Gasteiger partial charge in [0.25, 0.3) is 0 Å². The van der Waals surface area contributed by atoms with Crippen LogP contribution in [0, 0.1) is 0 Å². The molecule has 0 spiro atoms. The number of carbonyl (C=O) groups excluding carboxylic acids is 1. The lowest BCUT2D eigenvalue weighted by Crippen LogP contribution is -2.12. The SMILES string of the molecule is CCSc1nnc(NC(=O)CCc2csc3nc(-c4ccc(OC)cc4)cn23)s1. The molecule has 0 aliphatic rings. The molecule has 0 saturated heterocycles. The predicted molar refractivity (Wildman–Crippen MR) is 118 cm³/mol. The molecular formula is C19H19N5O2S3. The van der Waals surface area contributed by atoms with E-state index >= 15 is 0 Å². The average Bonchev–Trinajstić information content (AvgIpc) is 3.43. The molecular weight excluding hydrogens is 426 g/mol. The zero-order valence-corrected chi connectivity index (χ0v) is 18.4. The fourth-order valence-electron chi connectivity index (χ4n) is 2.78. The summed E-state index contributed by atoms with van der Waals surface area (Å²) >= 11 is 4.59. The molecule has 0 aliphatic heterocycles. The number of thiazole rings is 1. The van der Waals surface area contributed by atoms with E-state index in [9.17, 15) is 4.79 Å². The maximum absolute atomic E-state index is 12.3. The molecule has 150 valence electrons. The zero-order valence-electron chi connectivity index (χ0n) is 15.9. The molecule has 0 aliphatic carbocycles. The van der Waals surface area contributed by atoms with Crippen molar-refractivity contribution in [2.75, 3.05) is 18.2 Å². The number of imidazole rings is 1. The van der Waals surface area contributed by atoms with E-state index in [2.05, 4.69) is 26.8 Å². The van der Waals surface area contributed by atoms with E-state index in [-0.39, 0.29) is 5.91 Å². The highest BCUT2D eigenvalue weighted by Gasteiger charge is 2.13. The van der Waals surface area contributed by atoms with Crippen LogP contribution in [0.1, 0.15) is 19.0 Å². The second-order valence-electron chi connectivity index (χ2n) is 6.09. The summed E-state index contributed by atoms with van der Waals surface area (Å²) in [6, 6.07) is 7.83. The molecule has 0 atom stereocenters. The van der Waals surface area contributed by atoms with Gasteiger partial charge in [-0.05, 0) is 36.4 Å². The number of thioether (sulfide) groups is 1. The van der Waals surface area contributed by atoms with E-state index in [4.69, 9.17) is 9.72 Å². The number of fused-ring (bicyclic) bond motifs is 1. The molecule has 7 nitrogen and oxygen atoms in total. The van der Waals surface area contributed by atoms with Crippen molar-refractivity contribution < 1.29 is 9.53 Å². The Balaban J connectivity index is 1.41. The van der Waals surface area contributed by atoms with Gasteiger partial charge < -0.3 is 10.1 Å². The van der Waals surface area contributed by atoms with Gasteiger partial charge in [-0.15, -0.1) is 21.5 Å². The summed E-state index contributed by atoms with van der Waals surface area (Å²) in [5, 5.41) is 13.5. The van der Waals surface area contributed by atoms with Crippen molar-refractivity contribution in [1.29, 1.82) is 0 Å². The van der Waals surface area contributed by atoms with Crippen LogP contribution in [0.3, 0.4) is 0 Å². The van der Waals surface area contributed by atoms with Crippen LogP contribution in [0.4, 0.5) is 5.13 Å².